The topological polar surface area (TPSA) is 81.1 Å². The second-order valence-corrected chi connectivity index (χ2v) is 6.56. The first-order chi connectivity index (χ1) is 12.4. The van der Waals surface area contributed by atoms with Crippen molar-refractivity contribution < 1.29 is 19.8 Å². The van der Waals surface area contributed by atoms with Crippen LogP contribution in [0.15, 0.2) is 24.3 Å². The number of carbonyl (C=O) groups is 2. The predicted molar refractivity (Wildman–Crippen MR) is 102 cm³/mol. The Morgan fingerprint density at radius 1 is 0.885 bits per heavy atom. The van der Waals surface area contributed by atoms with Gasteiger partial charge >= 0.3 is 11.9 Å². The Labute approximate surface area is 156 Å². The zero-order chi connectivity index (χ0) is 19.5. The molecule has 1 aliphatic rings. The van der Waals surface area contributed by atoms with Gasteiger partial charge in [0.05, 0.1) is 0 Å². The van der Waals surface area contributed by atoms with Crippen LogP contribution in [0.4, 0.5) is 0 Å². The average Bonchev–Trinajstić information content (AvgIpc) is 2.65. The predicted octanol–water partition coefficient (Wildman–Crippen LogP) is 2.71. The van der Waals surface area contributed by atoms with Crippen LogP contribution in [0, 0.1) is 0 Å². The number of carboxylic acids is 2. The first-order valence-corrected chi connectivity index (χ1v) is 9.41. The Morgan fingerprint density at radius 3 is 1.73 bits per heavy atom. The van der Waals surface area contributed by atoms with Crippen molar-refractivity contribution in [2.45, 2.75) is 52.6 Å². The molecule has 0 aromatic heterocycles. The molecule has 1 aromatic rings. The minimum atomic E-state index is -1.82. The molecule has 0 bridgehead atoms. The van der Waals surface area contributed by atoms with E-state index in [1.165, 1.54) is 50.1 Å². The molecule has 0 saturated carbocycles. The van der Waals surface area contributed by atoms with E-state index in [0.717, 1.165) is 19.0 Å². The first kappa shape index (κ1) is 22.1. The molecule has 0 spiro atoms. The van der Waals surface area contributed by atoms with Crippen LogP contribution in [0.2, 0.25) is 0 Å². The summed E-state index contributed by atoms with van der Waals surface area (Å²) in [7, 11) is 0. The van der Waals surface area contributed by atoms with Gasteiger partial charge in [-0.05, 0) is 30.4 Å². The van der Waals surface area contributed by atoms with Gasteiger partial charge in [0.1, 0.15) is 0 Å². The molecule has 0 aliphatic carbocycles. The number of rotatable bonds is 6. The third-order valence-electron chi connectivity index (χ3n) is 4.89. The number of carboxylic acid groups (broad SMARTS) is 2. The Hall–Kier alpha value is -1.92. The summed E-state index contributed by atoms with van der Waals surface area (Å²) in [4.78, 5) is 23.5. The molecule has 0 atom stereocenters. The first-order valence-electron chi connectivity index (χ1n) is 9.41. The van der Waals surface area contributed by atoms with Crippen LogP contribution < -0.4 is 0 Å². The van der Waals surface area contributed by atoms with Gasteiger partial charge in [-0.25, -0.2) is 9.59 Å². The number of aryl methyl sites for hydroxylation is 1. The molecule has 146 valence electrons. The minimum Gasteiger partial charge on any atom is -0.473 e. The number of piperazine rings is 1. The van der Waals surface area contributed by atoms with Gasteiger partial charge in [0.2, 0.25) is 0 Å². The smallest absolute Gasteiger partial charge is 0.414 e. The molecule has 6 nitrogen and oxygen atoms in total. The van der Waals surface area contributed by atoms with Crippen molar-refractivity contribution in [1.82, 2.24) is 9.80 Å². The number of nitrogens with zero attached hydrogens (tertiary/aromatic N) is 2. The Morgan fingerprint density at radius 2 is 1.35 bits per heavy atom. The van der Waals surface area contributed by atoms with Gasteiger partial charge in [-0.15, -0.1) is 0 Å². The standard InChI is InChI=1S/C18H30N2.C2H2O4/c1-4-16-7-9-17(10-8-16)15-19-11-13-20(14-12-19)18(5-2)6-3;3-1(4)2(5)6/h7-10,18H,4-6,11-15H2,1-3H3;(H,3,4)(H,5,6). The highest BCUT2D eigenvalue weighted by Crippen LogP contribution is 2.14. The Bertz CT molecular complexity index is 535. The molecule has 0 unspecified atom stereocenters. The van der Waals surface area contributed by atoms with E-state index in [0.29, 0.717) is 0 Å². The quantitative estimate of drug-likeness (QED) is 0.756. The lowest BCUT2D eigenvalue weighted by Crippen LogP contribution is -2.49. The van der Waals surface area contributed by atoms with Crippen LogP contribution in [0.1, 0.15) is 44.7 Å². The number of hydrogen-bond donors (Lipinski definition) is 2. The van der Waals surface area contributed by atoms with E-state index in [1.807, 2.05) is 0 Å². The van der Waals surface area contributed by atoms with E-state index in [2.05, 4.69) is 54.8 Å². The minimum absolute atomic E-state index is 0.793. The third-order valence-corrected chi connectivity index (χ3v) is 4.89. The molecule has 0 radical (unpaired) electrons. The lowest BCUT2D eigenvalue weighted by molar-refractivity contribution is -0.159. The molecular formula is C20H32N2O4. The van der Waals surface area contributed by atoms with Crippen LogP contribution in [0.25, 0.3) is 0 Å². The van der Waals surface area contributed by atoms with Crippen LogP contribution in [0.5, 0.6) is 0 Å². The molecule has 1 aromatic carbocycles. The van der Waals surface area contributed by atoms with E-state index in [-0.39, 0.29) is 0 Å². The highest BCUT2D eigenvalue weighted by Gasteiger charge is 2.21. The zero-order valence-corrected chi connectivity index (χ0v) is 16.1. The number of aliphatic carboxylic acids is 2. The van der Waals surface area contributed by atoms with Gasteiger partial charge in [-0.3, -0.25) is 9.80 Å². The molecule has 1 heterocycles. The van der Waals surface area contributed by atoms with Gasteiger partial charge in [-0.2, -0.15) is 0 Å². The summed E-state index contributed by atoms with van der Waals surface area (Å²) in [5.74, 6) is -3.65. The lowest BCUT2D eigenvalue weighted by atomic mass is 10.1. The van der Waals surface area contributed by atoms with Gasteiger partial charge in [0.25, 0.3) is 0 Å². The highest BCUT2D eigenvalue weighted by molar-refractivity contribution is 6.27. The maximum Gasteiger partial charge on any atom is 0.414 e. The number of benzene rings is 1. The van der Waals surface area contributed by atoms with E-state index in [4.69, 9.17) is 19.8 Å². The van der Waals surface area contributed by atoms with Crippen molar-refractivity contribution in [1.29, 1.82) is 0 Å². The summed E-state index contributed by atoms with van der Waals surface area (Å²) in [5.41, 5.74) is 2.89. The molecule has 2 rings (SSSR count). The Kier molecular flexibility index (Phi) is 9.91. The summed E-state index contributed by atoms with van der Waals surface area (Å²) in [5, 5.41) is 14.8. The van der Waals surface area contributed by atoms with Crippen LogP contribution in [-0.4, -0.2) is 64.2 Å². The monoisotopic (exact) mass is 364 g/mol. The molecule has 2 N–H and O–H groups in total. The molecular weight excluding hydrogens is 332 g/mol. The van der Waals surface area contributed by atoms with Crippen LogP contribution in [0.3, 0.4) is 0 Å². The van der Waals surface area contributed by atoms with Crippen molar-refractivity contribution >= 4 is 11.9 Å². The second-order valence-electron chi connectivity index (χ2n) is 6.56. The Balaban J connectivity index is 0.000000487. The molecule has 1 saturated heterocycles. The van der Waals surface area contributed by atoms with Crippen molar-refractivity contribution in [3.05, 3.63) is 35.4 Å². The zero-order valence-electron chi connectivity index (χ0n) is 16.1. The van der Waals surface area contributed by atoms with Crippen molar-refractivity contribution in [2.24, 2.45) is 0 Å². The fourth-order valence-corrected chi connectivity index (χ4v) is 3.23. The maximum atomic E-state index is 9.10. The van der Waals surface area contributed by atoms with E-state index >= 15 is 0 Å². The van der Waals surface area contributed by atoms with E-state index < -0.39 is 11.9 Å². The van der Waals surface area contributed by atoms with Crippen molar-refractivity contribution in [3.8, 4) is 0 Å². The van der Waals surface area contributed by atoms with Gasteiger partial charge in [0.15, 0.2) is 0 Å². The van der Waals surface area contributed by atoms with Gasteiger partial charge < -0.3 is 10.2 Å². The van der Waals surface area contributed by atoms with E-state index in [9.17, 15) is 0 Å². The summed E-state index contributed by atoms with van der Waals surface area (Å²) in [6.45, 7) is 12.9. The lowest BCUT2D eigenvalue weighted by Gasteiger charge is -2.38. The molecule has 1 aliphatic heterocycles. The highest BCUT2D eigenvalue weighted by atomic mass is 16.4. The van der Waals surface area contributed by atoms with Gasteiger partial charge in [-0.1, -0.05) is 45.0 Å². The van der Waals surface area contributed by atoms with Crippen LogP contribution in [-0.2, 0) is 22.6 Å². The SMILES string of the molecule is CCc1ccc(CN2CCN(C(CC)CC)CC2)cc1.O=C(O)C(=O)O. The number of hydrogen-bond acceptors (Lipinski definition) is 4. The fraction of sp³-hybridized carbons (Fsp3) is 0.600. The van der Waals surface area contributed by atoms with E-state index in [1.54, 1.807) is 0 Å². The van der Waals surface area contributed by atoms with Crippen molar-refractivity contribution in [2.75, 3.05) is 26.2 Å². The molecule has 1 fully saturated rings. The average molecular weight is 364 g/mol. The molecule has 26 heavy (non-hydrogen) atoms. The molecule has 0 amide bonds. The van der Waals surface area contributed by atoms with Crippen LogP contribution >= 0.6 is 0 Å². The summed E-state index contributed by atoms with van der Waals surface area (Å²) >= 11 is 0. The van der Waals surface area contributed by atoms with Crippen molar-refractivity contribution in [3.63, 3.8) is 0 Å². The summed E-state index contributed by atoms with van der Waals surface area (Å²) in [6, 6.07) is 9.94. The summed E-state index contributed by atoms with van der Waals surface area (Å²) in [6.07, 6.45) is 3.71. The maximum absolute atomic E-state index is 9.10. The summed E-state index contributed by atoms with van der Waals surface area (Å²) < 4.78 is 0. The van der Waals surface area contributed by atoms with Gasteiger partial charge in [0, 0.05) is 38.8 Å². The fourth-order valence-electron chi connectivity index (χ4n) is 3.23. The normalized spacial score (nSPS) is 15.4. The third kappa shape index (κ3) is 7.54. The largest absolute Gasteiger partial charge is 0.473 e. The second kappa shape index (κ2) is 11.6. The molecule has 6 heteroatoms.